The number of aromatic nitrogens is 3. The van der Waals surface area contributed by atoms with Crippen LogP contribution in [0.3, 0.4) is 0 Å². The number of hydrogen-bond donors (Lipinski definition) is 3. The molecule has 124 valence electrons. The van der Waals surface area contributed by atoms with Crippen LogP contribution in [0.5, 0.6) is 0 Å². The predicted molar refractivity (Wildman–Crippen MR) is 96.1 cm³/mol. The average Bonchev–Trinajstić information content (AvgIpc) is 3.27. The smallest absolute Gasteiger partial charge is 0.319 e. The Morgan fingerprint density at radius 2 is 2.08 bits per heavy atom. The van der Waals surface area contributed by atoms with Crippen LogP contribution in [0.4, 0.5) is 10.5 Å². The molecular formula is C17H19N5OS. The first kappa shape index (κ1) is 16.2. The highest BCUT2D eigenvalue weighted by Gasteiger charge is 2.12. The minimum Gasteiger partial charge on any atom is -0.330 e. The Labute approximate surface area is 144 Å². The van der Waals surface area contributed by atoms with Gasteiger partial charge in [0.2, 0.25) is 0 Å². The maximum absolute atomic E-state index is 12.1. The number of nitrogens with zero attached hydrogens (tertiary/aromatic N) is 2. The largest absolute Gasteiger partial charge is 0.330 e. The summed E-state index contributed by atoms with van der Waals surface area (Å²) in [6.07, 6.45) is 2.62. The quantitative estimate of drug-likeness (QED) is 0.656. The molecule has 0 saturated heterocycles. The predicted octanol–water partition coefficient (Wildman–Crippen LogP) is 3.98. The van der Waals surface area contributed by atoms with E-state index in [4.69, 9.17) is 0 Å². The van der Waals surface area contributed by atoms with E-state index in [1.807, 2.05) is 42.6 Å². The van der Waals surface area contributed by atoms with Gasteiger partial charge in [0.25, 0.3) is 0 Å². The monoisotopic (exact) mass is 341 g/mol. The van der Waals surface area contributed by atoms with Crippen LogP contribution in [0.2, 0.25) is 0 Å². The highest BCUT2D eigenvalue weighted by Crippen LogP contribution is 2.20. The molecule has 1 atom stereocenters. The normalized spacial score (nSPS) is 11.9. The first-order valence-corrected chi connectivity index (χ1v) is 8.65. The molecule has 0 saturated carbocycles. The van der Waals surface area contributed by atoms with Crippen LogP contribution in [0, 0.1) is 0 Å². The van der Waals surface area contributed by atoms with E-state index in [2.05, 4.69) is 32.7 Å². The second-order valence-corrected chi connectivity index (χ2v) is 6.33. The third kappa shape index (κ3) is 3.80. The lowest BCUT2D eigenvalue weighted by Crippen LogP contribution is -2.31. The van der Waals surface area contributed by atoms with Gasteiger partial charge in [0.1, 0.15) is 0 Å². The number of benzene rings is 1. The molecule has 2 amide bonds. The van der Waals surface area contributed by atoms with E-state index in [0.717, 1.165) is 34.1 Å². The van der Waals surface area contributed by atoms with Crippen molar-refractivity contribution in [2.24, 2.45) is 0 Å². The number of nitrogens with one attached hydrogen (secondary N) is 3. The van der Waals surface area contributed by atoms with Crippen molar-refractivity contribution in [1.29, 1.82) is 0 Å². The van der Waals surface area contributed by atoms with Gasteiger partial charge in [-0.1, -0.05) is 19.1 Å². The van der Waals surface area contributed by atoms with Gasteiger partial charge < -0.3 is 10.6 Å². The molecule has 0 aliphatic heterocycles. The first-order valence-electron chi connectivity index (χ1n) is 7.77. The molecule has 0 radical (unpaired) electrons. The molecule has 3 rings (SSSR count). The second kappa shape index (κ2) is 7.27. The fraction of sp³-hybridized carbons (Fsp3) is 0.235. The van der Waals surface area contributed by atoms with Gasteiger partial charge in [-0.15, -0.1) is 11.3 Å². The SMILES string of the molecule is CCc1nc([C@@H](C)NC(=O)Nc2ccc(-c3ccn[nH]3)cc2)cs1. The summed E-state index contributed by atoms with van der Waals surface area (Å²) in [4.78, 5) is 16.6. The van der Waals surface area contributed by atoms with Crippen molar-refractivity contribution in [2.45, 2.75) is 26.3 Å². The van der Waals surface area contributed by atoms with Crippen molar-refractivity contribution in [3.8, 4) is 11.3 Å². The third-order valence-electron chi connectivity index (χ3n) is 3.62. The number of aryl methyl sites for hydroxylation is 1. The Morgan fingerprint density at radius 3 is 2.71 bits per heavy atom. The lowest BCUT2D eigenvalue weighted by Gasteiger charge is -2.13. The Balaban J connectivity index is 1.58. The number of carbonyl (C=O) groups is 1. The van der Waals surface area contributed by atoms with Gasteiger partial charge >= 0.3 is 6.03 Å². The molecule has 0 spiro atoms. The Hall–Kier alpha value is -2.67. The summed E-state index contributed by atoms with van der Waals surface area (Å²) in [7, 11) is 0. The molecule has 0 fully saturated rings. The van der Waals surface area contributed by atoms with Crippen LogP contribution >= 0.6 is 11.3 Å². The van der Waals surface area contributed by atoms with Gasteiger partial charge in [-0.25, -0.2) is 9.78 Å². The van der Waals surface area contributed by atoms with Gasteiger partial charge in [-0.05, 0) is 37.1 Å². The minimum atomic E-state index is -0.247. The lowest BCUT2D eigenvalue weighted by molar-refractivity contribution is 0.249. The van der Waals surface area contributed by atoms with E-state index >= 15 is 0 Å². The van der Waals surface area contributed by atoms with E-state index in [0.29, 0.717) is 0 Å². The fourth-order valence-corrected chi connectivity index (χ4v) is 3.11. The van der Waals surface area contributed by atoms with Gasteiger partial charge in [0.05, 0.1) is 22.4 Å². The lowest BCUT2D eigenvalue weighted by atomic mass is 10.1. The number of urea groups is 1. The van der Waals surface area contributed by atoms with Gasteiger partial charge in [-0.2, -0.15) is 5.10 Å². The number of carbonyl (C=O) groups excluding carboxylic acids is 1. The van der Waals surface area contributed by atoms with Crippen LogP contribution in [0.15, 0.2) is 41.9 Å². The summed E-state index contributed by atoms with van der Waals surface area (Å²) in [5.74, 6) is 0. The van der Waals surface area contributed by atoms with Crippen molar-refractivity contribution in [3.63, 3.8) is 0 Å². The van der Waals surface area contributed by atoms with Crippen molar-refractivity contribution < 1.29 is 4.79 Å². The first-order chi connectivity index (χ1) is 11.7. The van der Waals surface area contributed by atoms with Crippen LogP contribution in [0.1, 0.15) is 30.6 Å². The molecule has 6 nitrogen and oxygen atoms in total. The van der Waals surface area contributed by atoms with Crippen molar-refractivity contribution in [1.82, 2.24) is 20.5 Å². The van der Waals surface area contributed by atoms with Crippen LogP contribution < -0.4 is 10.6 Å². The summed E-state index contributed by atoms with van der Waals surface area (Å²) in [5, 5.41) is 15.6. The number of amides is 2. The molecule has 2 heterocycles. The molecule has 0 bridgehead atoms. The number of thiazole rings is 1. The van der Waals surface area contributed by atoms with E-state index in [1.165, 1.54) is 0 Å². The molecule has 0 aliphatic carbocycles. The standard InChI is InChI=1S/C17H19N5OS/c1-3-16-21-15(10-24-16)11(2)19-17(23)20-13-6-4-12(5-7-13)14-8-9-18-22-14/h4-11H,3H2,1-2H3,(H,18,22)(H2,19,20,23)/t11-/m1/s1. The molecule has 0 unspecified atom stereocenters. The summed E-state index contributed by atoms with van der Waals surface area (Å²) in [5.41, 5.74) is 3.58. The third-order valence-corrected chi connectivity index (χ3v) is 4.63. The molecule has 1 aromatic carbocycles. The molecular weight excluding hydrogens is 322 g/mol. The van der Waals surface area contributed by atoms with Gasteiger partial charge in [0, 0.05) is 17.3 Å². The van der Waals surface area contributed by atoms with Gasteiger partial charge in [0.15, 0.2) is 0 Å². The van der Waals surface area contributed by atoms with Crippen molar-refractivity contribution >= 4 is 23.1 Å². The molecule has 3 aromatic rings. The van der Waals surface area contributed by atoms with E-state index < -0.39 is 0 Å². The van der Waals surface area contributed by atoms with Gasteiger partial charge in [-0.3, -0.25) is 5.10 Å². The number of anilines is 1. The Bertz CT molecular complexity index is 795. The Kier molecular flexibility index (Phi) is 4.90. The summed E-state index contributed by atoms with van der Waals surface area (Å²) >= 11 is 1.62. The topological polar surface area (TPSA) is 82.7 Å². The van der Waals surface area contributed by atoms with Crippen molar-refractivity contribution in [2.75, 3.05) is 5.32 Å². The second-order valence-electron chi connectivity index (χ2n) is 5.39. The van der Waals surface area contributed by atoms with Crippen molar-refractivity contribution in [3.05, 3.63) is 52.6 Å². The zero-order chi connectivity index (χ0) is 16.9. The van der Waals surface area contributed by atoms with E-state index in [1.54, 1.807) is 17.5 Å². The summed E-state index contributed by atoms with van der Waals surface area (Å²) in [6.45, 7) is 4.00. The number of aromatic amines is 1. The van der Waals surface area contributed by atoms with Crippen LogP contribution in [-0.4, -0.2) is 21.2 Å². The molecule has 7 heteroatoms. The summed E-state index contributed by atoms with van der Waals surface area (Å²) < 4.78 is 0. The Morgan fingerprint density at radius 1 is 1.29 bits per heavy atom. The zero-order valence-electron chi connectivity index (χ0n) is 13.5. The zero-order valence-corrected chi connectivity index (χ0v) is 14.4. The minimum absolute atomic E-state index is 0.134. The maximum Gasteiger partial charge on any atom is 0.319 e. The van der Waals surface area contributed by atoms with Crippen LogP contribution in [-0.2, 0) is 6.42 Å². The fourth-order valence-electron chi connectivity index (χ4n) is 2.27. The van der Waals surface area contributed by atoms with Crippen LogP contribution in [0.25, 0.3) is 11.3 Å². The molecule has 3 N–H and O–H groups in total. The number of H-pyrrole nitrogens is 1. The van der Waals surface area contributed by atoms with E-state index in [-0.39, 0.29) is 12.1 Å². The highest BCUT2D eigenvalue weighted by molar-refractivity contribution is 7.09. The average molecular weight is 341 g/mol. The molecule has 0 aliphatic rings. The summed E-state index contributed by atoms with van der Waals surface area (Å²) in [6, 6.07) is 9.10. The maximum atomic E-state index is 12.1. The molecule has 2 aromatic heterocycles. The molecule has 24 heavy (non-hydrogen) atoms. The highest BCUT2D eigenvalue weighted by atomic mass is 32.1. The number of rotatable bonds is 5. The van der Waals surface area contributed by atoms with E-state index in [9.17, 15) is 4.79 Å². The number of hydrogen-bond acceptors (Lipinski definition) is 4.